The van der Waals surface area contributed by atoms with Crippen LogP contribution in [0, 0.1) is 0 Å². The van der Waals surface area contributed by atoms with E-state index < -0.39 is 12.0 Å². The number of ether oxygens (including phenoxy) is 1. The third-order valence-corrected chi connectivity index (χ3v) is 3.26. The molecule has 1 aromatic rings. The van der Waals surface area contributed by atoms with Crippen LogP contribution in [0.5, 0.6) is 0 Å². The molecule has 21 heavy (non-hydrogen) atoms. The molecule has 0 amide bonds. The lowest BCUT2D eigenvalue weighted by atomic mass is 10.00. The smallest absolute Gasteiger partial charge is 0.305 e. The van der Waals surface area contributed by atoms with Crippen molar-refractivity contribution in [2.24, 2.45) is 0 Å². The van der Waals surface area contributed by atoms with Gasteiger partial charge in [0, 0.05) is 19.3 Å². The summed E-state index contributed by atoms with van der Waals surface area (Å²) in [5.41, 5.74) is 1.69. The normalized spacial score (nSPS) is 12.1. The van der Waals surface area contributed by atoms with E-state index in [0.717, 1.165) is 18.4 Å². The highest BCUT2D eigenvalue weighted by Gasteiger charge is 2.22. The van der Waals surface area contributed by atoms with Crippen LogP contribution in [0.25, 0.3) is 0 Å². The third kappa shape index (κ3) is 6.06. The van der Waals surface area contributed by atoms with Gasteiger partial charge in [0.25, 0.3) is 0 Å². The largest absolute Gasteiger partial charge is 0.481 e. The van der Waals surface area contributed by atoms with E-state index >= 15 is 0 Å². The van der Waals surface area contributed by atoms with Crippen molar-refractivity contribution in [1.82, 2.24) is 5.32 Å². The molecule has 0 heterocycles. The lowest BCUT2D eigenvalue weighted by Gasteiger charge is -2.16. The Morgan fingerprint density at radius 1 is 1.29 bits per heavy atom. The van der Waals surface area contributed by atoms with Gasteiger partial charge in [0.05, 0.1) is 12.5 Å². The van der Waals surface area contributed by atoms with Crippen molar-refractivity contribution in [2.75, 3.05) is 20.3 Å². The van der Waals surface area contributed by atoms with E-state index in [1.54, 1.807) is 19.2 Å². The van der Waals surface area contributed by atoms with Crippen LogP contribution in [0.4, 0.5) is 0 Å². The fourth-order valence-electron chi connectivity index (χ4n) is 2.03. The van der Waals surface area contributed by atoms with E-state index in [2.05, 4.69) is 5.32 Å². The van der Waals surface area contributed by atoms with Crippen molar-refractivity contribution >= 4 is 11.8 Å². The Bertz CT molecular complexity index is 456. The molecule has 1 rings (SSSR count). The first-order chi connectivity index (χ1) is 10.1. The van der Waals surface area contributed by atoms with Crippen LogP contribution in [-0.4, -0.2) is 43.2 Å². The molecule has 0 aliphatic heterocycles. The highest BCUT2D eigenvalue weighted by atomic mass is 16.5. The minimum absolute atomic E-state index is 0.183. The molecule has 1 unspecified atom stereocenters. The van der Waals surface area contributed by atoms with Gasteiger partial charge in [-0.05, 0) is 24.9 Å². The van der Waals surface area contributed by atoms with Crippen molar-refractivity contribution in [3.63, 3.8) is 0 Å². The van der Waals surface area contributed by atoms with Crippen LogP contribution in [0.2, 0.25) is 0 Å². The van der Waals surface area contributed by atoms with Gasteiger partial charge >= 0.3 is 5.97 Å². The summed E-state index contributed by atoms with van der Waals surface area (Å²) >= 11 is 0. The van der Waals surface area contributed by atoms with Crippen LogP contribution in [0.3, 0.4) is 0 Å². The molecule has 0 aromatic heterocycles. The van der Waals surface area contributed by atoms with Crippen LogP contribution in [0.15, 0.2) is 24.3 Å². The van der Waals surface area contributed by atoms with Gasteiger partial charge < -0.3 is 15.2 Å². The van der Waals surface area contributed by atoms with Crippen molar-refractivity contribution in [3.8, 4) is 0 Å². The number of ketones is 1. The van der Waals surface area contributed by atoms with E-state index in [9.17, 15) is 9.59 Å². The Balaban J connectivity index is 2.70. The molecule has 0 spiro atoms. The first-order valence-electron chi connectivity index (χ1n) is 7.15. The average molecular weight is 293 g/mol. The highest BCUT2D eigenvalue weighted by molar-refractivity contribution is 6.01. The molecule has 5 heteroatoms. The predicted octanol–water partition coefficient (Wildman–Crippen LogP) is 1.90. The lowest BCUT2D eigenvalue weighted by Crippen LogP contribution is -2.39. The molecule has 0 aliphatic rings. The third-order valence-electron chi connectivity index (χ3n) is 3.26. The molecule has 0 radical (unpaired) electrons. The number of carbonyl (C=O) groups is 2. The Morgan fingerprint density at radius 2 is 1.95 bits per heavy atom. The fourth-order valence-corrected chi connectivity index (χ4v) is 2.03. The van der Waals surface area contributed by atoms with Gasteiger partial charge in [-0.1, -0.05) is 31.2 Å². The monoisotopic (exact) mass is 293 g/mol. The van der Waals surface area contributed by atoms with Crippen LogP contribution in [0.1, 0.15) is 35.7 Å². The van der Waals surface area contributed by atoms with E-state index in [4.69, 9.17) is 9.84 Å². The lowest BCUT2D eigenvalue weighted by molar-refractivity contribution is -0.137. The number of Topliss-reactive ketones (excluding diaryl/α,β-unsaturated/α-hetero) is 1. The maximum Gasteiger partial charge on any atom is 0.305 e. The van der Waals surface area contributed by atoms with Crippen LogP contribution < -0.4 is 5.32 Å². The maximum atomic E-state index is 12.4. The highest BCUT2D eigenvalue weighted by Crippen LogP contribution is 2.10. The summed E-state index contributed by atoms with van der Waals surface area (Å²) in [5, 5.41) is 12.0. The van der Waals surface area contributed by atoms with Gasteiger partial charge in [-0.2, -0.15) is 0 Å². The molecule has 0 bridgehead atoms. The topological polar surface area (TPSA) is 75.6 Å². The van der Waals surface area contributed by atoms with E-state index in [1.165, 1.54) is 0 Å². The number of rotatable bonds is 10. The first kappa shape index (κ1) is 17.3. The van der Waals surface area contributed by atoms with Gasteiger partial charge in [0.2, 0.25) is 0 Å². The van der Waals surface area contributed by atoms with Gasteiger partial charge in [-0.15, -0.1) is 0 Å². The minimum Gasteiger partial charge on any atom is -0.481 e. The van der Waals surface area contributed by atoms with Gasteiger partial charge in [-0.3, -0.25) is 9.59 Å². The second-order valence-electron chi connectivity index (χ2n) is 4.87. The Labute approximate surface area is 125 Å². The predicted molar refractivity (Wildman–Crippen MR) is 80.7 cm³/mol. The van der Waals surface area contributed by atoms with Gasteiger partial charge in [0.1, 0.15) is 0 Å². The Hall–Kier alpha value is -1.72. The van der Waals surface area contributed by atoms with Crippen molar-refractivity contribution < 1.29 is 19.4 Å². The van der Waals surface area contributed by atoms with Crippen LogP contribution >= 0.6 is 0 Å². The Morgan fingerprint density at radius 3 is 2.48 bits per heavy atom. The average Bonchev–Trinajstić information content (AvgIpc) is 2.49. The number of aryl methyl sites for hydroxylation is 1. The van der Waals surface area contributed by atoms with Gasteiger partial charge in [0.15, 0.2) is 5.78 Å². The molecular formula is C16H23NO4. The molecule has 5 nitrogen and oxygen atoms in total. The van der Waals surface area contributed by atoms with Crippen molar-refractivity contribution in [1.29, 1.82) is 0 Å². The molecule has 1 atom stereocenters. The number of nitrogens with one attached hydrogen (secondary N) is 1. The Kier molecular flexibility index (Phi) is 7.64. The van der Waals surface area contributed by atoms with Crippen LogP contribution in [-0.2, 0) is 16.0 Å². The maximum absolute atomic E-state index is 12.4. The molecule has 0 fully saturated rings. The standard InChI is InChI=1S/C16H23NO4/c1-3-12-5-7-13(8-6-12)16(20)14(11-15(18)19)17-9-4-10-21-2/h5-8,14,17H,3-4,9-11H2,1-2H3,(H,18,19). The molecule has 0 saturated heterocycles. The zero-order chi connectivity index (χ0) is 15.7. The number of aliphatic carboxylic acids is 1. The second kappa shape index (κ2) is 9.26. The number of carbonyl (C=O) groups excluding carboxylic acids is 1. The molecule has 0 aliphatic carbocycles. The van der Waals surface area contributed by atoms with E-state index in [0.29, 0.717) is 18.7 Å². The second-order valence-corrected chi connectivity index (χ2v) is 4.87. The summed E-state index contributed by atoms with van der Waals surface area (Å²) < 4.78 is 4.93. The quantitative estimate of drug-likeness (QED) is 0.509. The molecule has 1 aromatic carbocycles. The van der Waals surface area contributed by atoms with E-state index in [1.807, 2.05) is 19.1 Å². The number of hydrogen-bond acceptors (Lipinski definition) is 4. The molecule has 2 N–H and O–H groups in total. The SMILES string of the molecule is CCc1ccc(C(=O)C(CC(=O)O)NCCCOC)cc1. The zero-order valence-corrected chi connectivity index (χ0v) is 12.6. The number of carboxylic acids is 1. The van der Waals surface area contributed by atoms with E-state index in [-0.39, 0.29) is 12.2 Å². The number of carboxylic acid groups (broad SMARTS) is 1. The minimum atomic E-state index is -0.988. The summed E-state index contributed by atoms with van der Waals surface area (Å²) in [6.07, 6.45) is 1.41. The zero-order valence-electron chi connectivity index (χ0n) is 12.6. The number of methoxy groups -OCH3 is 1. The fraction of sp³-hybridized carbons (Fsp3) is 0.500. The molecule has 0 saturated carbocycles. The number of hydrogen-bond donors (Lipinski definition) is 2. The summed E-state index contributed by atoms with van der Waals surface area (Å²) in [4.78, 5) is 23.3. The van der Waals surface area contributed by atoms with Crippen molar-refractivity contribution in [3.05, 3.63) is 35.4 Å². The molecule has 116 valence electrons. The number of benzene rings is 1. The summed E-state index contributed by atoms with van der Waals surface area (Å²) in [6, 6.07) is 6.61. The van der Waals surface area contributed by atoms with Crippen molar-refractivity contribution in [2.45, 2.75) is 32.2 Å². The summed E-state index contributed by atoms with van der Waals surface area (Å²) in [5.74, 6) is -1.17. The van der Waals surface area contributed by atoms with Gasteiger partial charge in [-0.25, -0.2) is 0 Å². The summed E-state index contributed by atoms with van der Waals surface area (Å²) in [6.45, 7) is 3.16. The molecular weight excluding hydrogens is 270 g/mol. The first-order valence-corrected chi connectivity index (χ1v) is 7.15. The summed E-state index contributed by atoms with van der Waals surface area (Å²) in [7, 11) is 1.61.